The SMILES string of the molecule is Oc1cccc(-n2ccc(-c3ccc(Cl)cc3)n2)c1. The molecule has 0 amide bonds. The van der Waals surface area contributed by atoms with Crippen LogP contribution in [0.1, 0.15) is 0 Å². The van der Waals surface area contributed by atoms with Gasteiger partial charge in [-0.1, -0.05) is 29.8 Å². The van der Waals surface area contributed by atoms with Crippen LogP contribution in [0.3, 0.4) is 0 Å². The largest absolute Gasteiger partial charge is 0.508 e. The molecule has 0 aliphatic carbocycles. The fraction of sp³-hybridized carbons (Fsp3) is 0. The Kier molecular flexibility index (Phi) is 2.97. The van der Waals surface area contributed by atoms with Gasteiger partial charge in [-0.2, -0.15) is 5.10 Å². The van der Waals surface area contributed by atoms with Crippen molar-refractivity contribution in [2.45, 2.75) is 0 Å². The van der Waals surface area contributed by atoms with Gasteiger partial charge in [0, 0.05) is 22.8 Å². The minimum atomic E-state index is 0.223. The molecule has 94 valence electrons. The summed E-state index contributed by atoms with van der Waals surface area (Å²) in [5.74, 6) is 0.223. The summed E-state index contributed by atoms with van der Waals surface area (Å²) in [5, 5.41) is 14.7. The number of hydrogen-bond donors (Lipinski definition) is 1. The second-order valence-electron chi connectivity index (χ2n) is 4.17. The Balaban J connectivity index is 1.97. The van der Waals surface area contributed by atoms with E-state index in [0.717, 1.165) is 16.9 Å². The lowest BCUT2D eigenvalue weighted by atomic mass is 10.2. The Morgan fingerprint density at radius 1 is 1.00 bits per heavy atom. The predicted molar refractivity (Wildman–Crippen MR) is 75.7 cm³/mol. The fourth-order valence-corrected chi connectivity index (χ4v) is 2.00. The van der Waals surface area contributed by atoms with Crippen molar-refractivity contribution in [3.8, 4) is 22.7 Å². The minimum absolute atomic E-state index is 0.223. The van der Waals surface area contributed by atoms with Gasteiger partial charge in [-0.15, -0.1) is 0 Å². The first-order valence-corrected chi connectivity index (χ1v) is 6.21. The topological polar surface area (TPSA) is 38.0 Å². The van der Waals surface area contributed by atoms with Crippen molar-refractivity contribution in [3.63, 3.8) is 0 Å². The van der Waals surface area contributed by atoms with E-state index >= 15 is 0 Å². The quantitative estimate of drug-likeness (QED) is 0.767. The average molecular weight is 271 g/mol. The van der Waals surface area contributed by atoms with E-state index in [2.05, 4.69) is 5.10 Å². The van der Waals surface area contributed by atoms with Crippen LogP contribution in [0.5, 0.6) is 5.75 Å². The molecule has 0 saturated heterocycles. The third-order valence-corrected chi connectivity index (χ3v) is 3.08. The summed E-state index contributed by atoms with van der Waals surface area (Å²) < 4.78 is 1.73. The van der Waals surface area contributed by atoms with Gasteiger partial charge in [0.2, 0.25) is 0 Å². The number of rotatable bonds is 2. The lowest BCUT2D eigenvalue weighted by molar-refractivity contribution is 0.475. The van der Waals surface area contributed by atoms with Crippen molar-refractivity contribution in [1.29, 1.82) is 0 Å². The number of aromatic hydroxyl groups is 1. The van der Waals surface area contributed by atoms with Gasteiger partial charge in [0.1, 0.15) is 5.75 Å². The van der Waals surface area contributed by atoms with Crippen LogP contribution in [-0.2, 0) is 0 Å². The number of phenols is 1. The van der Waals surface area contributed by atoms with Crippen LogP contribution in [0, 0.1) is 0 Å². The molecule has 1 N–H and O–H groups in total. The monoisotopic (exact) mass is 270 g/mol. The van der Waals surface area contributed by atoms with Gasteiger partial charge >= 0.3 is 0 Å². The number of hydrogen-bond acceptors (Lipinski definition) is 2. The summed E-state index contributed by atoms with van der Waals surface area (Å²) in [6.07, 6.45) is 1.86. The lowest BCUT2D eigenvalue weighted by Gasteiger charge is -2.01. The van der Waals surface area contributed by atoms with E-state index in [1.54, 1.807) is 22.9 Å². The Labute approximate surface area is 115 Å². The molecule has 0 bridgehead atoms. The molecule has 4 heteroatoms. The van der Waals surface area contributed by atoms with Crippen LogP contribution in [0.2, 0.25) is 5.02 Å². The Bertz CT molecular complexity index is 704. The average Bonchev–Trinajstić information content (AvgIpc) is 2.89. The van der Waals surface area contributed by atoms with E-state index in [9.17, 15) is 5.11 Å². The molecule has 0 atom stereocenters. The molecule has 1 heterocycles. The first-order valence-electron chi connectivity index (χ1n) is 5.83. The van der Waals surface area contributed by atoms with Crippen molar-refractivity contribution >= 4 is 11.6 Å². The lowest BCUT2D eigenvalue weighted by Crippen LogP contribution is -1.94. The molecule has 0 aliphatic heterocycles. The van der Waals surface area contributed by atoms with Crippen molar-refractivity contribution < 1.29 is 5.11 Å². The number of halogens is 1. The maximum atomic E-state index is 9.47. The zero-order valence-corrected chi connectivity index (χ0v) is 10.7. The molecular formula is C15H11ClN2O. The van der Waals surface area contributed by atoms with Gasteiger partial charge in [-0.05, 0) is 30.3 Å². The van der Waals surface area contributed by atoms with Gasteiger partial charge in [-0.3, -0.25) is 0 Å². The Morgan fingerprint density at radius 3 is 2.53 bits per heavy atom. The van der Waals surface area contributed by atoms with E-state index < -0.39 is 0 Å². The normalized spacial score (nSPS) is 10.6. The Hall–Kier alpha value is -2.26. The molecule has 0 spiro atoms. The van der Waals surface area contributed by atoms with E-state index in [4.69, 9.17) is 11.6 Å². The van der Waals surface area contributed by atoms with Gasteiger partial charge in [-0.25, -0.2) is 4.68 Å². The van der Waals surface area contributed by atoms with Crippen LogP contribution in [-0.4, -0.2) is 14.9 Å². The first kappa shape index (κ1) is 11.8. The molecule has 0 fully saturated rings. The third kappa shape index (κ3) is 2.46. The van der Waals surface area contributed by atoms with Crippen LogP contribution in [0.4, 0.5) is 0 Å². The highest BCUT2D eigenvalue weighted by molar-refractivity contribution is 6.30. The summed E-state index contributed by atoms with van der Waals surface area (Å²) in [5.41, 5.74) is 2.68. The molecule has 3 rings (SSSR count). The fourth-order valence-electron chi connectivity index (χ4n) is 1.88. The van der Waals surface area contributed by atoms with Gasteiger partial charge < -0.3 is 5.11 Å². The molecule has 0 aliphatic rings. The molecule has 19 heavy (non-hydrogen) atoms. The second-order valence-corrected chi connectivity index (χ2v) is 4.61. The number of phenolic OH excluding ortho intramolecular Hbond substituents is 1. The number of benzene rings is 2. The molecule has 3 nitrogen and oxygen atoms in total. The maximum absolute atomic E-state index is 9.47. The summed E-state index contributed by atoms with van der Waals surface area (Å²) >= 11 is 5.86. The highest BCUT2D eigenvalue weighted by Gasteiger charge is 2.04. The van der Waals surface area contributed by atoms with Crippen molar-refractivity contribution in [1.82, 2.24) is 9.78 Å². The Morgan fingerprint density at radius 2 is 1.79 bits per heavy atom. The zero-order chi connectivity index (χ0) is 13.2. The molecule has 0 saturated carbocycles. The molecular weight excluding hydrogens is 260 g/mol. The highest BCUT2D eigenvalue weighted by atomic mass is 35.5. The second kappa shape index (κ2) is 4.78. The van der Waals surface area contributed by atoms with Crippen LogP contribution >= 0.6 is 11.6 Å². The molecule has 1 aromatic heterocycles. The van der Waals surface area contributed by atoms with Gasteiger partial charge in [0.15, 0.2) is 0 Å². The van der Waals surface area contributed by atoms with E-state index in [0.29, 0.717) is 5.02 Å². The van der Waals surface area contributed by atoms with Crippen molar-refractivity contribution in [2.75, 3.05) is 0 Å². The highest BCUT2D eigenvalue weighted by Crippen LogP contribution is 2.21. The van der Waals surface area contributed by atoms with Crippen LogP contribution in [0.15, 0.2) is 60.8 Å². The minimum Gasteiger partial charge on any atom is -0.508 e. The van der Waals surface area contributed by atoms with Crippen LogP contribution in [0.25, 0.3) is 16.9 Å². The predicted octanol–water partition coefficient (Wildman–Crippen LogP) is 3.90. The smallest absolute Gasteiger partial charge is 0.117 e. The zero-order valence-electron chi connectivity index (χ0n) is 9.99. The van der Waals surface area contributed by atoms with Crippen LogP contribution < -0.4 is 0 Å². The number of aromatic nitrogens is 2. The van der Waals surface area contributed by atoms with Gasteiger partial charge in [0.25, 0.3) is 0 Å². The maximum Gasteiger partial charge on any atom is 0.117 e. The first-order chi connectivity index (χ1) is 9.22. The summed E-state index contributed by atoms with van der Waals surface area (Å²) in [7, 11) is 0. The van der Waals surface area contributed by atoms with E-state index in [1.165, 1.54) is 0 Å². The third-order valence-electron chi connectivity index (χ3n) is 2.82. The molecule has 0 unspecified atom stereocenters. The summed E-state index contributed by atoms with van der Waals surface area (Å²) in [6.45, 7) is 0. The standard InChI is InChI=1S/C15H11ClN2O/c16-12-6-4-11(5-7-12)15-8-9-18(17-15)13-2-1-3-14(19)10-13/h1-10,19H. The van der Waals surface area contributed by atoms with E-state index in [1.807, 2.05) is 42.6 Å². The van der Waals surface area contributed by atoms with Crippen molar-refractivity contribution in [3.05, 3.63) is 65.8 Å². The van der Waals surface area contributed by atoms with E-state index in [-0.39, 0.29) is 5.75 Å². The summed E-state index contributed by atoms with van der Waals surface area (Å²) in [4.78, 5) is 0. The number of nitrogens with zero attached hydrogens (tertiary/aromatic N) is 2. The summed E-state index contributed by atoms with van der Waals surface area (Å²) in [6, 6.07) is 16.4. The molecule has 3 aromatic rings. The van der Waals surface area contributed by atoms with Gasteiger partial charge in [0.05, 0.1) is 11.4 Å². The molecule has 2 aromatic carbocycles. The molecule has 0 radical (unpaired) electrons. The van der Waals surface area contributed by atoms with Crippen molar-refractivity contribution in [2.24, 2.45) is 0 Å².